The van der Waals surface area contributed by atoms with Crippen molar-refractivity contribution in [3.63, 3.8) is 0 Å². The van der Waals surface area contributed by atoms with Gasteiger partial charge in [0.15, 0.2) is 0 Å². The number of hydrogen-bond acceptors (Lipinski definition) is 5. The van der Waals surface area contributed by atoms with Crippen LogP contribution in [0.3, 0.4) is 0 Å². The fraction of sp³-hybridized carbons (Fsp3) is 0.417. The van der Waals surface area contributed by atoms with Crippen molar-refractivity contribution in [2.75, 3.05) is 26.9 Å². The molecule has 3 heterocycles. The Balaban J connectivity index is 1.63. The number of methoxy groups -OCH3 is 1. The number of hydrogen-bond donors (Lipinski definition) is 1. The molecule has 1 atom stereocenters. The van der Waals surface area contributed by atoms with Gasteiger partial charge in [-0.05, 0) is 32.3 Å². The molecule has 1 amide bonds. The van der Waals surface area contributed by atoms with Gasteiger partial charge in [-0.25, -0.2) is 4.98 Å². The highest BCUT2D eigenvalue weighted by atomic mass is 32.1. The molecule has 1 saturated heterocycles. The van der Waals surface area contributed by atoms with Crippen LogP contribution in [0.25, 0.3) is 22.0 Å². The number of nitrogens with one attached hydrogen (secondary N) is 1. The first-order valence-corrected chi connectivity index (χ1v) is 11.7. The van der Waals surface area contributed by atoms with E-state index in [0.717, 1.165) is 60.1 Å². The van der Waals surface area contributed by atoms with Gasteiger partial charge in [0.1, 0.15) is 5.01 Å². The number of amides is 1. The number of carbonyl (C=O) groups excluding carboxylic acids is 1. The zero-order valence-corrected chi connectivity index (χ0v) is 18.9. The third-order valence-corrected chi connectivity index (χ3v) is 6.51. The lowest BCUT2D eigenvalue weighted by atomic mass is 10.2. The van der Waals surface area contributed by atoms with Crippen molar-refractivity contribution < 1.29 is 14.3 Å². The molecule has 0 bridgehead atoms. The summed E-state index contributed by atoms with van der Waals surface area (Å²) >= 11 is 1.62. The van der Waals surface area contributed by atoms with E-state index in [1.54, 1.807) is 18.4 Å². The Labute approximate surface area is 187 Å². The Morgan fingerprint density at radius 2 is 2.19 bits per heavy atom. The number of ether oxygens (including phenoxy) is 2. The van der Waals surface area contributed by atoms with Crippen LogP contribution >= 0.6 is 11.3 Å². The molecule has 7 heteroatoms. The summed E-state index contributed by atoms with van der Waals surface area (Å²) in [5.41, 5.74) is 4.60. The molecule has 6 nitrogen and oxygen atoms in total. The molecule has 1 aliphatic heterocycles. The second kappa shape index (κ2) is 10.2. The molecule has 0 spiro atoms. The molecule has 0 aliphatic carbocycles. The van der Waals surface area contributed by atoms with Gasteiger partial charge in [0, 0.05) is 50.1 Å². The molecular formula is C24H29N3O3S. The second-order valence-electron chi connectivity index (χ2n) is 7.78. The van der Waals surface area contributed by atoms with E-state index in [2.05, 4.69) is 27.4 Å². The van der Waals surface area contributed by atoms with E-state index in [9.17, 15) is 4.79 Å². The Morgan fingerprint density at radius 3 is 2.94 bits per heavy atom. The number of rotatable bonds is 9. The van der Waals surface area contributed by atoms with E-state index in [0.29, 0.717) is 18.7 Å². The van der Waals surface area contributed by atoms with Crippen LogP contribution in [0.1, 0.15) is 35.3 Å². The zero-order chi connectivity index (χ0) is 21.6. The summed E-state index contributed by atoms with van der Waals surface area (Å²) < 4.78 is 13.2. The molecule has 2 aromatic heterocycles. The van der Waals surface area contributed by atoms with Crippen molar-refractivity contribution in [1.29, 1.82) is 0 Å². The molecule has 164 valence electrons. The Hall–Kier alpha value is -2.48. The van der Waals surface area contributed by atoms with Crippen LogP contribution in [-0.4, -0.2) is 48.4 Å². The predicted octanol–water partition coefficient (Wildman–Crippen LogP) is 4.53. The summed E-state index contributed by atoms with van der Waals surface area (Å²) in [6.07, 6.45) is 3.09. The van der Waals surface area contributed by atoms with Gasteiger partial charge < -0.3 is 19.4 Å². The Bertz CT molecular complexity index is 1010. The van der Waals surface area contributed by atoms with Crippen molar-refractivity contribution in [1.82, 2.24) is 14.9 Å². The van der Waals surface area contributed by atoms with Gasteiger partial charge >= 0.3 is 0 Å². The minimum absolute atomic E-state index is 0.0561. The van der Waals surface area contributed by atoms with Crippen molar-refractivity contribution in [2.24, 2.45) is 0 Å². The van der Waals surface area contributed by atoms with Gasteiger partial charge in [-0.2, -0.15) is 0 Å². The first kappa shape index (κ1) is 21.7. The molecule has 1 fully saturated rings. The second-order valence-corrected chi connectivity index (χ2v) is 8.64. The topological polar surface area (TPSA) is 65.4 Å². The monoisotopic (exact) mass is 439 g/mol. The highest BCUT2D eigenvalue weighted by Crippen LogP contribution is 2.32. The zero-order valence-electron chi connectivity index (χ0n) is 18.1. The first-order valence-electron chi connectivity index (χ1n) is 10.8. The van der Waals surface area contributed by atoms with Crippen LogP contribution in [0.15, 0.2) is 41.8 Å². The van der Waals surface area contributed by atoms with Crippen molar-refractivity contribution in [3.8, 4) is 22.0 Å². The average molecular weight is 440 g/mol. The standard InChI is InChI=1S/C24H29N3O3S/c1-17-20(23(28)25-11-7-12-29-2)14-22(27(17)15-19-10-6-13-30-19)21-16-31-24(26-21)18-8-4-3-5-9-18/h3-5,8-9,14,16,19H,6-7,10-13,15H2,1-2H3,(H,25,28). The van der Waals surface area contributed by atoms with Crippen LogP contribution in [0.2, 0.25) is 0 Å². The van der Waals surface area contributed by atoms with Gasteiger partial charge in [-0.15, -0.1) is 11.3 Å². The summed E-state index contributed by atoms with van der Waals surface area (Å²) in [4.78, 5) is 17.8. The van der Waals surface area contributed by atoms with Crippen LogP contribution < -0.4 is 5.32 Å². The lowest BCUT2D eigenvalue weighted by Crippen LogP contribution is -2.26. The highest BCUT2D eigenvalue weighted by molar-refractivity contribution is 7.13. The van der Waals surface area contributed by atoms with Crippen LogP contribution in [0.4, 0.5) is 0 Å². The van der Waals surface area contributed by atoms with E-state index in [1.165, 1.54) is 0 Å². The normalized spacial score (nSPS) is 16.0. The SMILES string of the molecule is COCCCNC(=O)c1cc(-c2csc(-c3ccccc3)n2)n(CC2CCCO2)c1C. The molecule has 31 heavy (non-hydrogen) atoms. The molecule has 0 radical (unpaired) electrons. The first-order chi connectivity index (χ1) is 15.2. The quantitative estimate of drug-likeness (QED) is 0.498. The van der Waals surface area contributed by atoms with E-state index in [4.69, 9.17) is 14.5 Å². The van der Waals surface area contributed by atoms with Gasteiger partial charge in [0.25, 0.3) is 5.91 Å². The van der Waals surface area contributed by atoms with Crippen LogP contribution in [0.5, 0.6) is 0 Å². The summed E-state index contributed by atoms with van der Waals surface area (Å²) in [5.74, 6) is -0.0561. The lowest BCUT2D eigenvalue weighted by Gasteiger charge is -2.15. The predicted molar refractivity (Wildman–Crippen MR) is 124 cm³/mol. The van der Waals surface area contributed by atoms with E-state index >= 15 is 0 Å². The molecule has 0 saturated carbocycles. The fourth-order valence-corrected chi connectivity index (χ4v) is 4.75. The van der Waals surface area contributed by atoms with Crippen LogP contribution in [0, 0.1) is 6.92 Å². The van der Waals surface area contributed by atoms with Crippen LogP contribution in [-0.2, 0) is 16.0 Å². The molecule has 3 aromatic rings. The molecular weight excluding hydrogens is 410 g/mol. The molecule has 1 N–H and O–H groups in total. The molecule has 4 rings (SSSR count). The fourth-order valence-electron chi connectivity index (χ4n) is 3.93. The van der Waals surface area contributed by atoms with E-state index in [1.807, 2.05) is 31.2 Å². The minimum Gasteiger partial charge on any atom is -0.385 e. The maximum Gasteiger partial charge on any atom is 0.253 e. The third kappa shape index (κ3) is 5.06. The van der Waals surface area contributed by atoms with Crippen molar-refractivity contribution in [3.05, 3.63) is 53.0 Å². The van der Waals surface area contributed by atoms with E-state index in [-0.39, 0.29) is 12.0 Å². The Morgan fingerprint density at radius 1 is 1.35 bits per heavy atom. The van der Waals surface area contributed by atoms with Gasteiger partial charge in [-0.1, -0.05) is 30.3 Å². The molecule has 1 aliphatic rings. The largest absolute Gasteiger partial charge is 0.385 e. The van der Waals surface area contributed by atoms with Gasteiger partial charge in [0.05, 0.1) is 23.1 Å². The third-order valence-electron chi connectivity index (χ3n) is 5.62. The lowest BCUT2D eigenvalue weighted by molar-refractivity contribution is 0.0937. The highest BCUT2D eigenvalue weighted by Gasteiger charge is 2.24. The minimum atomic E-state index is -0.0561. The number of carbonyl (C=O) groups is 1. The maximum atomic E-state index is 12.9. The van der Waals surface area contributed by atoms with Crippen molar-refractivity contribution >= 4 is 17.2 Å². The summed E-state index contributed by atoms with van der Waals surface area (Å²) in [5, 5.41) is 6.06. The number of thiazole rings is 1. The molecule has 1 unspecified atom stereocenters. The van der Waals surface area contributed by atoms with Gasteiger partial charge in [0.2, 0.25) is 0 Å². The summed E-state index contributed by atoms with van der Waals surface area (Å²) in [6.45, 7) is 4.77. The summed E-state index contributed by atoms with van der Waals surface area (Å²) in [7, 11) is 1.67. The smallest absolute Gasteiger partial charge is 0.253 e. The van der Waals surface area contributed by atoms with Crippen molar-refractivity contribution in [2.45, 2.75) is 38.8 Å². The average Bonchev–Trinajstić information content (AvgIpc) is 3.54. The van der Waals surface area contributed by atoms with Gasteiger partial charge in [-0.3, -0.25) is 4.79 Å². The number of aromatic nitrogens is 2. The molecule has 1 aromatic carbocycles. The Kier molecular flexibility index (Phi) is 7.17. The number of nitrogens with zero attached hydrogens (tertiary/aromatic N) is 2. The number of benzene rings is 1. The van der Waals surface area contributed by atoms with E-state index < -0.39 is 0 Å². The maximum absolute atomic E-state index is 12.9. The summed E-state index contributed by atoms with van der Waals surface area (Å²) in [6, 6.07) is 12.2.